The highest BCUT2D eigenvalue weighted by Crippen LogP contribution is 2.18. The van der Waals surface area contributed by atoms with Crippen molar-refractivity contribution in [1.82, 2.24) is 4.90 Å². The van der Waals surface area contributed by atoms with Gasteiger partial charge in [-0.3, -0.25) is 9.59 Å². The highest BCUT2D eigenvalue weighted by molar-refractivity contribution is 5.99. The molecule has 5 heteroatoms. The zero-order valence-electron chi connectivity index (χ0n) is 10.7. The number of benzene rings is 1. The quantitative estimate of drug-likeness (QED) is 0.746. The molecule has 100 valence electrons. The fraction of sp³-hybridized carbons (Fsp3) is 0.357. The maximum atomic E-state index is 12.3. The van der Waals surface area contributed by atoms with Crippen molar-refractivity contribution in [3.05, 3.63) is 35.9 Å². The molecule has 0 spiro atoms. The van der Waals surface area contributed by atoms with Gasteiger partial charge in [0.15, 0.2) is 0 Å². The maximum Gasteiger partial charge on any atom is 0.329 e. The molecule has 1 aliphatic rings. The van der Waals surface area contributed by atoms with Gasteiger partial charge in [0.2, 0.25) is 0 Å². The molecule has 0 aromatic heterocycles. The lowest BCUT2D eigenvalue weighted by Crippen LogP contribution is -2.50. The number of hydrogen-bond donors (Lipinski definition) is 0. The first kappa shape index (κ1) is 13.3. The van der Waals surface area contributed by atoms with Crippen molar-refractivity contribution in [3.63, 3.8) is 0 Å². The van der Waals surface area contributed by atoms with Crippen molar-refractivity contribution in [3.8, 4) is 0 Å². The van der Waals surface area contributed by atoms with E-state index in [4.69, 9.17) is 0 Å². The van der Waals surface area contributed by atoms with Crippen molar-refractivity contribution >= 4 is 17.7 Å². The molecule has 1 saturated heterocycles. The molecule has 0 bridgehead atoms. The molecule has 1 amide bonds. The van der Waals surface area contributed by atoms with E-state index in [-0.39, 0.29) is 31.1 Å². The van der Waals surface area contributed by atoms with Crippen molar-refractivity contribution in [2.45, 2.75) is 18.9 Å². The van der Waals surface area contributed by atoms with E-state index in [1.54, 1.807) is 24.3 Å². The Bertz CT molecular complexity index is 497. The maximum absolute atomic E-state index is 12.3. The summed E-state index contributed by atoms with van der Waals surface area (Å²) in [6.45, 7) is 0.256. The Morgan fingerprint density at radius 3 is 2.58 bits per heavy atom. The number of amides is 1. The molecule has 1 atom stereocenters. The molecule has 2 rings (SSSR count). The molecule has 1 aromatic carbocycles. The molecule has 0 radical (unpaired) electrons. The lowest BCUT2D eigenvalue weighted by atomic mass is 9.99. The zero-order chi connectivity index (χ0) is 13.8. The van der Waals surface area contributed by atoms with Crippen LogP contribution < -0.4 is 0 Å². The first-order valence-electron chi connectivity index (χ1n) is 6.09. The van der Waals surface area contributed by atoms with Crippen LogP contribution in [0.15, 0.2) is 30.3 Å². The number of hydrogen-bond acceptors (Lipinski definition) is 4. The van der Waals surface area contributed by atoms with Gasteiger partial charge < -0.3 is 9.64 Å². The van der Waals surface area contributed by atoms with Crippen molar-refractivity contribution in [2.75, 3.05) is 13.7 Å². The second kappa shape index (κ2) is 5.65. The molecule has 0 N–H and O–H groups in total. The normalized spacial score (nSPS) is 19.1. The average Bonchev–Trinajstić information content (AvgIpc) is 2.46. The summed E-state index contributed by atoms with van der Waals surface area (Å²) in [5, 5.41) is 0. The van der Waals surface area contributed by atoms with E-state index in [0.29, 0.717) is 5.56 Å². The van der Waals surface area contributed by atoms with E-state index >= 15 is 0 Å². The summed E-state index contributed by atoms with van der Waals surface area (Å²) in [4.78, 5) is 36.9. The third kappa shape index (κ3) is 2.81. The number of esters is 1. The van der Waals surface area contributed by atoms with Gasteiger partial charge in [-0.2, -0.15) is 0 Å². The molecule has 0 aliphatic carbocycles. The molecular formula is C14H15NO4. The van der Waals surface area contributed by atoms with Crippen LogP contribution in [0.4, 0.5) is 0 Å². The number of carbonyl (C=O) groups is 3. The Morgan fingerprint density at radius 1 is 1.26 bits per heavy atom. The second-order valence-corrected chi connectivity index (χ2v) is 4.40. The van der Waals surface area contributed by atoms with Gasteiger partial charge in [0.05, 0.1) is 7.11 Å². The first-order chi connectivity index (χ1) is 9.13. The van der Waals surface area contributed by atoms with Gasteiger partial charge in [0.1, 0.15) is 11.8 Å². The largest absolute Gasteiger partial charge is 0.467 e. The number of nitrogens with zero attached hydrogens (tertiary/aromatic N) is 1. The molecule has 1 aliphatic heterocycles. The first-order valence-corrected chi connectivity index (χ1v) is 6.09. The number of likely N-dealkylation sites (tertiary alicyclic amines) is 1. The van der Waals surface area contributed by atoms with Crippen LogP contribution in [0, 0.1) is 0 Å². The van der Waals surface area contributed by atoms with E-state index < -0.39 is 12.0 Å². The molecule has 0 saturated carbocycles. The minimum absolute atomic E-state index is 0.0208. The van der Waals surface area contributed by atoms with E-state index in [1.807, 2.05) is 6.07 Å². The third-order valence-corrected chi connectivity index (χ3v) is 3.18. The highest BCUT2D eigenvalue weighted by Gasteiger charge is 2.36. The summed E-state index contributed by atoms with van der Waals surface area (Å²) >= 11 is 0. The van der Waals surface area contributed by atoms with Crippen LogP contribution in [-0.4, -0.2) is 42.3 Å². The van der Waals surface area contributed by atoms with E-state index in [9.17, 15) is 14.4 Å². The van der Waals surface area contributed by atoms with E-state index in [1.165, 1.54) is 12.0 Å². The molecule has 1 aromatic rings. The summed E-state index contributed by atoms with van der Waals surface area (Å²) in [6.07, 6.45) is 0.317. The fourth-order valence-electron chi connectivity index (χ4n) is 2.17. The molecule has 19 heavy (non-hydrogen) atoms. The molecule has 5 nitrogen and oxygen atoms in total. The van der Waals surface area contributed by atoms with Crippen LogP contribution in [0.2, 0.25) is 0 Å². The molecule has 1 fully saturated rings. The predicted octanol–water partition coefficient (Wildman–Crippen LogP) is 1.03. The number of methoxy groups -OCH3 is 1. The minimum atomic E-state index is -0.807. The van der Waals surface area contributed by atoms with Gasteiger partial charge in [-0.25, -0.2) is 4.79 Å². The van der Waals surface area contributed by atoms with Crippen molar-refractivity contribution in [1.29, 1.82) is 0 Å². The summed E-state index contributed by atoms with van der Waals surface area (Å²) in [7, 11) is 1.26. The van der Waals surface area contributed by atoms with Gasteiger partial charge in [0, 0.05) is 24.9 Å². The zero-order valence-corrected chi connectivity index (χ0v) is 10.7. The van der Waals surface area contributed by atoms with Crippen LogP contribution in [0.3, 0.4) is 0 Å². The monoisotopic (exact) mass is 261 g/mol. The highest BCUT2D eigenvalue weighted by atomic mass is 16.5. The van der Waals surface area contributed by atoms with E-state index in [0.717, 1.165) is 0 Å². The SMILES string of the molecule is COC(=O)C1CC(=O)CCN1C(=O)c1ccccc1. The van der Waals surface area contributed by atoms with Crippen LogP contribution in [0.5, 0.6) is 0 Å². The van der Waals surface area contributed by atoms with Gasteiger partial charge in [-0.05, 0) is 12.1 Å². The van der Waals surface area contributed by atoms with Gasteiger partial charge in [-0.15, -0.1) is 0 Å². The number of ketones is 1. The molecule has 1 heterocycles. The molecule has 1 unspecified atom stereocenters. The summed E-state index contributed by atoms with van der Waals surface area (Å²) in [5.74, 6) is -0.812. The Morgan fingerprint density at radius 2 is 1.95 bits per heavy atom. The summed E-state index contributed by atoms with van der Waals surface area (Å²) in [5.41, 5.74) is 0.505. The van der Waals surface area contributed by atoms with Crippen LogP contribution >= 0.6 is 0 Å². The van der Waals surface area contributed by atoms with Crippen LogP contribution in [-0.2, 0) is 14.3 Å². The van der Waals surface area contributed by atoms with E-state index in [2.05, 4.69) is 4.74 Å². The third-order valence-electron chi connectivity index (χ3n) is 3.18. The lowest BCUT2D eigenvalue weighted by Gasteiger charge is -2.33. The number of ether oxygens (including phenoxy) is 1. The average molecular weight is 261 g/mol. The Balaban J connectivity index is 2.23. The number of Topliss-reactive ketones (excluding diaryl/α,β-unsaturated/α-hetero) is 1. The Kier molecular flexibility index (Phi) is 3.94. The summed E-state index contributed by atoms with van der Waals surface area (Å²) in [6, 6.07) is 7.90. The fourth-order valence-corrected chi connectivity index (χ4v) is 2.17. The number of piperidine rings is 1. The smallest absolute Gasteiger partial charge is 0.329 e. The second-order valence-electron chi connectivity index (χ2n) is 4.40. The number of rotatable bonds is 2. The topological polar surface area (TPSA) is 63.7 Å². The van der Waals surface area contributed by atoms with Gasteiger partial charge >= 0.3 is 5.97 Å². The van der Waals surface area contributed by atoms with Crippen molar-refractivity contribution in [2.24, 2.45) is 0 Å². The van der Waals surface area contributed by atoms with Gasteiger partial charge in [-0.1, -0.05) is 18.2 Å². The minimum Gasteiger partial charge on any atom is -0.467 e. The predicted molar refractivity (Wildman–Crippen MR) is 67.5 cm³/mol. The number of carbonyl (C=O) groups excluding carboxylic acids is 3. The summed E-state index contributed by atoms with van der Waals surface area (Å²) < 4.78 is 4.67. The van der Waals surface area contributed by atoms with Crippen LogP contribution in [0.1, 0.15) is 23.2 Å². The van der Waals surface area contributed by atoms with Crippen LogP contribution in [0.25, 0.3) is 0 Å². The Hall–Kier alpha value is -2.17. The standard InChI is InChI=1S/C14H15NO4/c1-19-14(18)12-9-11(16)7-8-15(12)13(17)10-5-3-2-4-6-10/h2-6,12H,7-9H2,1H3. The van der Waals surface area contributed by atoms with Crippen molar-refractivity contribution < 1.29 is 19.1 Å². The Labute approximate surface area is 111 Å². The molecular weight excluding hydrogens is 246 g/mol. The lowest BCUT2D eigenvalue weighted by molar-refractivity contribution is -0.149. The van der Waals surface area contributed by atoms with Gasteiger partial charge in [0.25, 0.3) is 5.91 Å².